The molecular formula is C19H18F2N2O4. The van der Waals surface area contributed by atoms with Crippen molar-refractivity contribution in [3.8, 4) is 11.5 Å². The van der Waals surface area contributed by atoms with Gasteiger partial charge in [0.1, 0.15) is 5.69 Å². The third-order valence-electron chi connectivity index (χ3n) is 3.96. The first-order valence-electron chi connectivity index (χ1n) is 8.28. The summed E-state index contributed by atoms with van der Waals surface area (Å²) >= 11 is 0. The van der Waals surface area contributed by atoms with Crippen molar-refractivity contribution >= 4 is 16.9 Å². The van der Waals surface area contributed by atoms with Crippen molar-refractivity contribution in [2.75, 3.05) is 13.7 Å². The maximum Gasteiger partial charge on any atom is 0.387 e. The first kappa shape index (κ1) is 18.6. The molecule has 0 saturated carbocycles. The van der Waals surface area contributed by atoms with Crippen LogP contribution in [-0.4, -0.2) is 31.3 Å². The van der Waals surface area contributed by atoms with Crippen LogP contribution in [0.2, 0.25) is 0 Å². The zero-order chi connectivity index (χ0) is 19.2. The van der Waals surface area contributed by atoms with Gasteiger partial charge in [-0.1, -0.05) is 23.4 Å². The van der Waals surface area contributed by atoms with Crippen molar-refractivity contribution in [1.82, 2.24) is 10.5 Å². The van der Waals surface area contributed by atoms with E-state index in [1.165, 1.54) is 13.2 Å². The van der Waals surface area contributed by atoms with E-state index < -0.39 is 6.61 Å². The first-order valence-corrected chi connectivity index (χ1v) is 8.28. The number of para-hydroxylation sites is 1. The van der Waals surface area contributed by atoms with Gasteiger partial charge < -0.3 is 19.3 Å². The lowest BCUT2D eigenvalue weighted by Gasteiger charge is -2.11. The number of carbonyl (C=O) groups excluding carboxylic acids is 1. The molecule has 0 aliphatic carbocycles. The molecule has 0 radical (unpaired) electrons. The van der Waals surface area contributed by atoms with Crippen LogP contribution in [-0.2, 0) is 17.6 Å². The fraction of sp³-hybridized carbons (Fsp3) is 0.263. The fourth-order valence-electron chi connectivity index (χ4n) is 2.69. The van der Waals surface area contributed by atoms with Crippen molar-refractivity contribution in [3.05, 3.63) is 53.7 Å². The molecule has 3 aromatic rings. The van der Waals surface area contributed by atoms with E-state index in [1.54, 1.807) is 18.2 Å². The molecular weight excluding hydrogens is 358 g/mol. The Morgan fingerprint density at radius 1 is 1.22 bits per heavy atom. The Bertz CT molecular complexity index is 927. The number of alkyl halides is 2. The lowest BCUT2D eigenvalue weighted by molar-refractivity contribution is -0.120. The van der Waals surface area contributed by atoms with Gasteiger partial charge in [0.15, 0.2) is 17.1 Å². The largest absolute Gasteiger partial charge is 0.493 e. The van der Waals surface area contributed by atoms with E-state index in [4.69, 9.17) is 9.26 Å². The molecule has 8 heteroatoms. The van der Waals surface area contributed by atoms with Crippen LogP contribution in [0, 0.1) is 0 Å². The normalized spacial score (nSPS) is 11.0. The van der Waals surface area contributed by atoms with Gasteiger partial charge in [-0.2, -0.15) is 8.78 Å². The van der Waals surface area contributed by atoms with E-state index in [9.17, 15) is 13.6 Å². The Balaban J connectivity index is 1.54. The van der Waals surface area contributed by atoms with E-state index in [0.717, 1.165) is 10.9 Å². The summed E-state index contributed by atoms with van der Waals surface area (Å²) in [6.45, 7) is -2.54. The Morgan fingerprint density at radius 2 is 2.04 bits per heavy atom. The van der Waals surface area contributed by atoms with E-state index >= 15 is 0 Å². The van der Waals surface area contributed by atoms with Crippen LogP contribution in [0.25, 0.3) is 11.0 Å². The molecule has 0 spiro atoms. The predicted molar refractivity (Wildman–Crippen MR) is 94.1 cm³/mol. The van der Waals surface area contributed by atoms with Gasteiger partial charge in [0.25, 0.3) is 0 Å². The number of halogens is 2. The van der Waals surface area contributed by atoms with E-state index in [0.29, 0.717) is 24.2 Å². The molecule has 0 atom stereocenters. The van der Waals surface area contributed by atoms with Crippen LogP contribution in [0.5, 0.6) is 11.5 Å². The Labute approximate surface area is 154 Å². The Hall–Kier alpha value is -3.16. The summed E-state index contributed by atoms with van der Waals surface area (Å²) in [6, 6.07) is 12.0. The number of methoxy groups -OCH3 is 1. The van der Waals surface area contributed by atoms with Crippen LogP contribution in [0.1, 0.15) is 11.3 Å². The highest BCUT2D eigenvalue weighted by Crippen LogP contribution is 2.29. The summed E-state index contributed by atoms with van der Waals surface area (Å²) in [6.07, 6.45) is 0.623. The van der Waals surface area contributed by atoms with Crippen molar-refractivity contribution in [3.63, 3.8) is 0 Å². The summed E-state index contributed by atoms with van der Waals surface area (Å²) in [5, 5.41) is 7.55. The molecule has 27 heavy (non-hydrogen) atoms. The highest BCUT2D eigenvalue weighted by atomic mass is 19.3. The van der Waals surface area contributed by atoms with Gasteiger partial charge >= 0.3 is 6.61 Å². The van der Waals surface area contributed by atoms with E-state index in [2.05, 4.69) is 15.2 Å². The molecule has 142 valence electrons. The number of rotatable bonds is 8. The summed E-state index contributed by atoms with van der Waals surface area (Å²) in [7, 11) is 1.38. The van der Waals surface area contributed by atoms with Gasteiger partial charge in [-0.25, -0.2) is 0 Å². The number of hydrogen-bond donors (Lipinski definition) is 1. The number of hydrogen-bond acceptors (Lipinski definition) is 5. The second kappa shape index (κ2) is 8.48. The fourth-order valence-corrected chi connectivity index (χ4v) is 2.69. The highest BCUT2D eigenvalue weighted by molar-refractivity contribution is 5.86. The van der Waals surface area contributed by atoms with Gasteiger partial charge in [0, 0.05) is 11.9 Å². The third-order valence-corrected chi connectivity index (χ3v) is 3.96. The van der Waals surface area contributed by atoms with Gasteiger partial charge in [-0.05, 0) is 36.2 Å². The van der Waals surface area contributed by atoms with Gasteiger partial charge in [0.05, 0.1) is 13.5 Å². The van der Waals surface area contributed by atoms with Crippen molar-refractivity contribution < 1.29 is 27.6 Å². The molecule has 1 aromatic heterocycles. The maximum absolute atomic E-state index is 12.3. The second-order valence-electron chi connectivity index (χ2n) is 5.77. The number of amides is 1. The monoisotopic (exact) mass is 376 g/mol. The zero-order valence-corrected chi connectivity index (χ0v) is 14.6. The molecule has 0 saturated heterocycles. The molecule has 3 rings (SSSR count). The van der Waals surface area contributed by atoms with Gasteiger partial charge in [-0.15, -0.1) is 0 Å². The highest BCUT2D eigenvalue weighted by Gasteiger charge is 2.13. The molecule has 0 fully saturated rings. The molecule has 1 heterocycles. The summed E-state index contributed by atoms with van der Waals surface area (Å²) in [5.74, 6) is 0.00469. The quantitative estimate of drug-likeness (QED) is 0.653. The summed E-state index contributed by atoms with van der Waals surface area (Å²) in [4.78, 5) is 12.1. The minimum absolute atomic E-state index is 0.0294. The molecule has 1 amide bonds. The minimum atomic E-state index is -2.92. The van der Waals surface area contributed by atoms with Gasteiger partial charge in [0.2, 0.25) is 5.91 Å². The van der Waals surface area contributed by atoms with Crippen LogP contribution in [0.15, 0.2) is 47.0 Å². The molecule has 0 bridgehead atoms. The smallest absolute Gasteiger partial charge is 0.387 e. The topological polar surface area (TPSA) is 73.6 Å². The Kier molecular flexibility index (Phi) is 5.85. The van der Waals surface area contributed by atoms with Crippen molar-refractivity contribution in [1.29, 1.82) is 0 Å². The first-order chi connectivity index (χ1) is 13.1. The number of carbonyl (C=O) groups is 1. The van der Waals surface area contributed by atoms with Crippen LogP contribution < -0.4 is 14.8 Å². The van der Waals surface area contributed by atoms with E-state index in [1.807, 2.05) is 18.2 Å². The summed E-state index contributed by atoms with van der Waals surface area (Å²) < 4.78 is 39.3. The number of fused-ring (bicyclic) bond motifs is 1. The molecule has 6 nitrogen and oxygen atoms in total. The molecule has 1 N–H and O–H groups in total. The van der Waals surface area contributed by atoms with Gasteiger partial charge in [-0.3, -0.25) is 4.79 Å². The van der Waals surface area contributed by atoms with Crippen LogP contribution >= 0.6 is 0 Å². The molecule has 0 aliphatic heterocycles. The number of ether oxygens (including phenoxy) is 2. The number of nitrogens with one attached hydrogen (secondary N) is 1. The molecule has 2 aromatic carbocycles. The minimum Gasteiger partial charge on any atom is -0.493 e. The molecule has 0 unspecified atom stereocenters. The number of benzene rings is 2. The third kappa shape index (κ3) is 4.72. The zero-order valence-electron chi connectivity index (χ0n) is 14.6. The second-order valence-corrected chi connectivity index (χ2v) is 5.77. The summed E-state index contributed by atoms with van der Waals surface area (Å²) in [5.41, 5.74) is 2.04. The average molecular weight is 376 g/mol. The average Bonchev–Trinajstić information content (AvgIpc) is 3.05. The van der Waals surface area contributed by atoms with E-state index in [-0.39, 0.29) is 23.8 Å². The van der Waals surface area contributed by atoms with Crippen molar-refractivity contribution in [2.24, 2.45) is 0 Å². The lowest BCUT2D eigenvalue weighted by Crippen LogP contribution is -2.27. The van der Waals surface area contributed by atoms with Crippen LogP contribution in [0.3, 0.4) is 0 Å². The number of nitrogens with zero attached hydrogens (tertiary/aromatic N) is 1. The number of aromatic nitrogens is 1. The molecule has 0 aliphatic rings. The SMILES string of the molecule is COc1cc(CCNC(=O)Cc2noc3ccccc23)ccc1OC(F)F. The standard InChI is InChI=1S/C19H18F2N2O4/c1-25-17-10-12(6-7-16(17)26-19(20)21)8-9-22-18(24)11-14-13-4-2-3-5-15(13)27-23-14/h2-7,10,19H,8-9,11H2,1H3,(H,22,24). The van der Waals surface area contributed by atoms with Crippen molar-refractivity contribution in [2.45, 2.75) is 19.5 Å². The Morgan fingerprint density at radius 3 is 2.81 bits per heavy atom. The van der Waals surface area contributed by atoms with Crippen LogP contribution in [0.4, 0.5) is 8.78 Å². The maximum atomic E-state index is 12.3. The lowest BCUT2D eigenvalue weighted by atomic mass is 10.1. The predicted octanol–water partition coefficient (Wildman–Crippen LogP) is 3.34.